The molecule has 188 valence electrons. The molecule has 2 saturated heterocycles. The first-order valence-electron chi connectivity index (χ1n) is 10.9. The molecule has 2 aromatic carbocycles. The van der Waals surface area contributed by atoms with E-state index in [1.807, 2.05) is 0 Å². The zero-order valence-corrected chi connectivity index (χ0v) is 19.1. The normalized spacial score (nSPS) is 20.2. The molecule has 1 atom stereocenters. The van der Waals surface area contributed by atoms with Gasteiger partial charge in [0.1, 0.15) is 17.9 Å². The molecule has 7 nitrogen and oxygen atoms in total. The van der Waals surface area contributed by atoms with Crippen molar-refractivity contribution in [3.05, 3.63) is 65.0 Å². The number of benzene rings is 2. The molecule has 4 rings (SSSR count). The highest BCUT2D eigenvalue weighted by atomic mass is 19.4. The van der Waals surface area contributed by atoms with Gasteiger partial charge < -0.3 is 14.5 Å². The Bertz CT molecular complexity index is 1260. The van der Waals surface area contributed by atoms with E-state index in [1.165, 1.54) is 41.2 Å². The number of amides is 3. The Labute approximate surface area is 204 Å². The number of halogens is 4. The maximum absolute atomic E-state index is 14.8. The lowest BCUT2D eigenvalue weighted by Gasteiger charge is -2.47. The first kappa shape index (κ1) is 25.0. The summed E-state index contributed by atoms with van der Waals surface area (Å²) in [6, 6.07) is 8.06. The van der Waals surface area contributed by atoms with Crippen LogP contribution in [0.3, 0.4) is 0 Å². The zero-order chi connectivity index (χ0) is 26.3. The van der Waals surface area contributed by atoms with E-state index in [1.54, 1.807) is 0 Å². The number of carbonyl (C=O) groups excluding carboxylic acids is 3. The second kappa shape index (κ2) is 9.18. The first-order valence-corrected chi connectivity index (χ1v) is 10.9. The van der Waals surface area contributed by atoms with E-state index in [9.17, 15) is 31.9 Å². The van der Waals surface area contributed by atoms with Gasteiger partial charge in [-0.25, -0.2) is 9.18 Å². The molecular weight excluding hydrogens is 482 g/mol. The number of terminal acetylenes is 1. The average molecular weight is 503 g/mol. The fourth-order valence-corrected chi connectivity index (χ4v) is 4.60. The van der Waals surface area contributed by atoms with Crippen molar-refractivity contribution < 1.29 is 36.7 Å². The van der Waals surface area contributed by atoms with Crippen LogP contribution in [-0.2, 0) is 27.0 Å². The van der Waals surface area contributed by atoms with Gasteiger partial charge >= 0.3 is 12.3 Å². The molecule has 2 aliphatic heterocycles. The van der Waals surface area contributed by atoms with Gasteiger partial charge in [0.2, 0.25) is 5.91 Å². The van der Waals surface area contributed by atoms with E-state index >= 15 is 0 Å². The van der Waals surface area contributed by atoms with Crippen LogP contribution in [-0.4, -0.2) is 60.0 Å². The van der Waals surface area contributed by atoms with E-state index in [4.69, 9.17) is 11.2 Å². The number of hydrogen-bond donors (Lipinski definition) is 0. The minimum Gasteiger partial charge on any atom is -0.453 e. The zero-order valence-electron chi connectivity index (χ0n) is 19.1. The lowest BCUT2D eigenvalue weighted by atomic mass is 9.89. The Hall–Kier alpha value is -4.07. The maximum Gasteiger partial charge on any atom is 0.416 e. The maximum atomic E-state index is 14.8. The third-order valence-electron chi connectivity index (χ3n) is 6.46. The lowest BCUT2D eigenvalue weighted by Crippen LogP contribution is -2.69. The molecule has 2 fully saturated rings. The standard InChI is InChI=1S/C25H21F4N3O4/c1-3-16-6-9-20(19(26)12-16)31-14-21(33)32(13-17-4-7-18(8-5-17)25(27,28)29)24(22(31)34)10-11-30(15-24)23(35)36-2/h1,4-9,12H,10-11,13-15H2,2H3. The number of ether oxygens (including phenoxy) is 1. The molecule has 11 heteroatoms. The minimum absolute atomic E-state index is 0.0356. The van der Waals surface area contributed by atoms with Gasteiger partial charge in [-0.05, 0) is 42.3 Å². The molecule has 36 heavy (non-hydrogen) atoms. The van der Waals surface area contributed by atoms with Crippen LogP contribution < -0.4 is 4.90 Å². The summed E-state index contributed by atoms with van der Waals surface area (Å²) in [6.07, 6.45) is 0.108. The van der Waals surface area contributed by atoms with Crippen LogP contribution >= 0.6 is 0 Å². The van der Waals surface area contributed by atoms with Gasteiger partial charge in [0.15, 0.2) is 0 Å². The number of methoxy groups -OCH3 is 1. The van der Waals surface area contributed by atoms with Gasteiger partial charge in [0.25, 0.3) is 5.91 Å². The monoisotopic (exact) mass is 503 g/mol. The third kappa shape index (κ3) is 4.34. The molecule has 1 spiro atoms. The van der Waals surface area contributed by atoms with E-state index in [0.29, 0.717) is 5.56 Å². The summed E-state index contributed by atoms with van der Waals surface area (Å²) in [7, 11) is 1.18. The third-order valence-corrected chi connectivity index (χ3v) is 6.46. The number of alkyl halides is 3. The molecule has 1 unspecified atom stereocenters. The summed E-state index contributed by atoms with van der Waals surface area (Å²) in [5.41, 5.74) is -1.95. The molecule has 0 aromatic heterocycles. The molecule has 2 heterocycles. The van der Waals surface area contributed by atoms with Gasteiger partial charge in [-0.3, -0.25) is 14.5 Å². The van der Waals surface area contributed by atoms with E-state index in [0.717, 1.165) is 23.1 Å². The number of likely N-dealkylation sites (tertiary alicyclic amines) is 1. The number of nitrogens with zero attached hydrogens (tertiary/aromatic N) is 3. The van der Waals surface area contributed by atoms with Crippen molar-refractivity contribution in [2.45, 2.75) is 24.7 Å². The Kier molecular flexibility index (Phi) is 6.39. The van der Waals surface area contributed by atoms with Crippen molar-refractivity contribution in [1.82, 2.24) is 9.80 Å². The highest BCUT2D eigenvalue weighted by Gasteiger charge is 2.57. The number of carbonyl (C=O) groups is 3. The van der Waals surface area contributed by atoms with Crippen LogP contribution in [0.2, 0.25) is 0 Å². The topological polar surface area (TPSA) is 70.2 Å². The first-order chi connectivity index (χ1) is 17.0. The quantitative estimate of drug-likeness (QED) is 0.476. The van der Waals surface area contributed by atoms with Crippen molar-refractivity contribution in [3.8, 4) is 12.3 Å². The van der Waals surface area contributed by atoms with Gasteiger partial charge in [-0.15, -0.1) is 6.42 Å². The lowest BCUT2D eigenvalue weighted by molar-refractivity contribution is -0.151. The minimum atomic E-state index is -4.53. The summed E-state index contributed by atoms with van der Waals surface area (Å²) < 4.78 is 58.5. The summed E-state index contributed by atoms with van der Waals surface area (Å²) in [5.74, 6) is 0.329. The van der Waals surface area contributed by atoms with Gasteiger partial charge in [-0.2, -0.15) is 13.2 Å². The van der Waals surface area contributed by atoms with Crippen LogP contribution in [0, 0.1) is 18.2 Å². The molecule has 0 saturated carbocycles. The van der Waals surface area contributed by atoms with Crippen LogP contribution in [0.5, 0.6) is 0 Å². The highest BCUT2D eigenvalue weighted by Crippen LogP contribution is 2.38. The van der Waals surface area contributed by atoms with Crippen molar-refractivity contribution in [3.63, 3.8) is 0 Å². The Morgan fingerprint density at radius 3 is 2.44 bits per heavy atom. The number of piperazine rings is 1. The van der Waals surface area contributed by atoms with Crippen LogP contribution in [0.25, 0.3) is 0 Å². The Morgan fingerprint density at radius 2 is 1.86 bits per heavy atom. The molecule has 0 radical (unpaired) electrons. The van der Waals surface area contributed by atoms with E-state index in [2.05, 4.69) is 5.92 Å². The Morgan fingerprint density at radius 1 is 1.17 bits per heavy atom. The second-order valence-electron chi connectivity index (χ2n) is 8.55. The summed E-state index contributed by atoms with van der Waals surface area (Å²) >= 11 is 0. The van der Waals surface area contributed by atoms with E-state index < -0.39 is 47.5 Å². The number of hydrogen-bond acceptors (Lipinski definition) is 4. The fraction of sp³-hybridized carbons (Fsp3) is 0.320. The number of anilines is 1. The van der Waals surface area contributed by atoms with E-state index in [-0.39, 0.29) is 37.3 Å². The van der Waals surface area contributed by atoms with Crippen molar-refractivity contribution >= 4 is 23.6 Å². The summed E-state index contributed by atoms with van der Waals surface area (Å²) in [5, 5.41) is 0. The molecule has 0 bridgehead atoms. The molecule has 0 N–H and O–H groups in total. The fourth-order valence-electron chi connectivity index (χ4n) is 4.60. The van der Waals surface area contributed by atoms with Crippen LogP contribution in [0.15, 0.2) is 42.5 Å². The molecule has 2 aromatic rings. The predicted octanol–water partition coefficient (Wildman–Crippen LogP) is 3.41. The van der Waals surface area contributed by atoms with Gasteiger partial charge in [0, 0.05) is 18.7 Å². The van der Waals surface area contributed by atoms with Gasteiger partial charge in [-0.1, -0.05) is 18.1 Å². The van der Waals surface area contributed by atoms with Gasteiger partial charge in [0.05, 0.1) is 24.9 Å². The number of rotatable bonds is 3. The second-order valence-corrected chi connectivity index (χ2v) is 8.55. The van der Waals surface area contributed by atoms with Crippen LogP contribution in [0.4, 0.5) is 28.0 Å². The molecular formula is C25H21F4N3O4. The molecule has 3 amide bonds. The molecule has 0 aliphatic carbocycles. The van der Waals surface area contributed by atoms with Crippen molar-refractivity contribution in [2.75, 3.05) is 31.6 Å². The van der Waals surface area contributed by atoms with Crippen LogP contribution in [0.1, 0.15) is 23.1 Å². The largest absolute Gasteiger partial charge is 0.453 e. The average Bonchev–Trinajstić information content (AvgIpc) is 3.30. The summed E-state index contributed by atoms with van der Waals surface area (Å²) in [4.78, 5) is 42.9. The van der Waals surface area contributed by atoms with Crippen molar-refractivity contribution in [1.29, 1.82) is 0 Å². The summed E-state index contributed by atoms with van der Waals surface area (Å²) in [6.45, 7) is -0.803. The highest BCUT2D eigenvalue weighted by molar-refractivity contribution is 6.09. The SMILES string of the molecule is C#Cc1ccc(N2CC(=O)N(Cc3ccc(C(F)(F)F)cc3)C3(CCN(C(=O)OC)C3)C2=O)c(F)c1. The smallest absolute Gasteiger partial charge is 0.416 e. The molecule has 2 aliphatic rings. The predicted molar refractivity (Wildman–Crippen MR) is 120 cm³/mol. The Balaban J connectivity index is 1.71. The van der Waals surface area contributed by atoms with Crippen molar-refractivity contribution in [2.24, 2.45) is 0 Å².